The lowest BCUT2D eigenvalue weighted by Gasteiger charge is -2.37. The summed E-state index contributed by atoms with van der Waals surface area (Å²) in [7, 11) is 7.81. The molecular formula is C20H35IN4O. The lowest BCUT2D eigenvalue weighted by atomic mass is 9.92. The first-order valence-electron chi connectivity index (χ1n) is 9.20. The largest absolute Gasteiger partial charge is 0.497 e. The van der Waals surface area contributed by atoms with Crippen LogP contribution in [-0.2, 0) is 0 Å². The molecule has 1 aromatic carbocycles. The zero-order valence-electron chi connectivity index (χ0n) is 17.0. The van der Waals surface area contributed by atoms with Gasteiger partial charge in [0, 0.05) is 26.7 Å². The van der Waals surface area contributed by atoms with Crippen LogP contribution in [-0.4, -0.2) is 63.6 Å². The van der Waals surface area contributed by atoms with Gasteiger partial charge in [-0.25, -0.2) is 0 Å². The highest BCUT2D eigenvalue weighted by Crippen LogP contribution is 2.22. The number of nitrogens with zero attached hydrogens (tertiary/aromatic N) is 3. The highest BCUT2D eigenvalue weighted by atomic mass is 127. The van der Waals surface area contributed by atoms with Crippen molar-refractivity contribution >= 4 is 29.9 Å². The minimum absolute atomic E-state index is 0. The zero-order valence-corrected chi connectivity index (χ0v) is 19.4. The van der Waals surface area contributed by atoms with E-state index in [4.69, 9.17) is 4.74 Å². The Morgan fingerprint density at radius 3 is 2.27 bits per heavy atom. The molecule has 0 spiro atoms. The molecular weight excluding hydrogens is 439 g/mol. The molecule has 0 amide bonds. The number of ether oxygens (including phenoxy) is 1. The molecule has 148 valence electrons. The average Bonchev–Trinajstić information content (AvgIpc) is 2.58. The summed E-state index contributed by atoms with van der Waals surface area (Å²) >= 11 is 0. The number of hydrogen-bond donors (Lipinski definition) is 1. The van der Waals surface area contributed by atoms with E-state index in [1.807, 2.05) is 19.2 Å². The van der Waals surface area contributed by atoms with E-state index in [0.29, 0.717) is 11.8 Å². The SMILES string of the molecule is CN=C(NCC(c1ccc(OC)cc1)N(C)C)N1CC(C)CC(C)C1.I. The van der Waals surface area contributed by atoms with Crippen LogP contribution in [0.2, 0.25) is 0 Å². The van der Waals surface area contributed by atoms with Crippen molar-refractivity contribution in [3.63, 3.8) is 0 Å². The predicted octanol–water partition coefficient (Wildman–Crippen LogP) is 3.47. The molecule has 1 aliphatic heterocycles. The molecule has 5 nitrogen and oxygen atoms in total. The van der Waals surface area contributed by atoms with Gasteiger partial charge in [-0.1, -0.05) is 26.0 Å². The molecule has 6 heteroatoms. The normalized spacial score (nSPS) is 22.0. The molecule has 0 saturated carbocycles. The minimum atomic E-state index is 0. The highest BCUT2D eigenvalue weighted by molar-refractivity contribution is 14.0. The summed E-state index contributed by atoms with van der Waals surface area (Å²) < 4.78 is 5.27. The number of piperidine rings is 1. The van der Waals surface area contributed by atoms with Crippen LogP contribution >= 0.6 is 24.0 Å². The van der Waals surface area contributed by atoms with Crippen LogP contribution in [0.4, 0.5) is 0 Å². The van der Waals surface area contributed by atoms with E-state index in [1.165, 1.54) is 12.0 Å². The summed E-state index contributed by atoms with van der Waals surface area (Å²) in [6.07, 6.45) is 1.31. The van der Waals surface area contributed by atoms with E-state index in [-0.39, 0.29) is 30.0 Å². The Bertz CT molecular complexity index is 551. The summed E-state index contributed by atoms with van der Waals surface area (Å²) in [4.78, 5) is 9.17. The number of rotatable bonds is 5. The van der Waals surface area contributed by atoms with Crippen LogP contribution in [0, 0.1) is 11.8 Å². The zero-order chi connectivity index (χ0) is 18.4. The molecule has 0 aromatic heterocycles. The molecule has 1 aliphatic rings. The molecule has 0 radical (unpaired) electrons. The lowest BCUT2D eigenvalue weighted by molar-refractivity contribution is 0.206. The quantitative estimate of drug-likeness (QED) is 0.403. The second kappa shape index (κ2) is 11.0. The number of guanidine groups is 1. The van der Waals surface area contributed by atoms with Gasteiger partial charge < -0.3 is 19.9 Å². The van der Waals surface area contributed by atoms with Gasteiger partial charge in [0.2, 0.25) is 0 Å². The Balaban J connectivity index is 0.00000338. The number of likely N-dealkylation sites (tertiary alicyclic amines) is 1. The average molecular weight is 474 g/mol. The first kappa shape index (κ1) is 23.0. The molecule has 3 unspecified atom stereocenters. The molecule has 26 heavy (non-hydrogen) atoms. The summed E-state index contributed by atoms with van der Waals surface area (Å²) in [6, 6.07) is 8.60. The maximum absolute atomic E-state index is 5.27. The summed E-state index contributed by atoms with van der Waals surface area (Å²) in [6.45, 7) is 7.65. The molecule has 0 bridgehead atoms. The number of benzene rings is 1. The second-order valence-corrected chi connectivity index (χ2v) is 7.53. The van der Waals surface area contributed by atoms with Crippen LogP contribution in [0.25, 0.3) is 0 Å². The second-order valence-electron chi connectivity index (χ2n) is 7.53. The third-order valence-corrected chi connectivity index (χ3v) is 4.96. The van der Waals surface area contributed by atoms with E-state index >= 15 is 0 Å². The van der Waals surface area contributed by atoms with Crippen molar-refractivity contribution in [3.05, 3.63) is 29.8 Å². The molecule has 1 fully saturated rings. The molecule has 3 atom stereocenters. The van der Waals surface area contributed by atoms with E-state index in [2.05, 4.69) is 60.2 Å². The number of halogens is 1. The monoisotopic (exact) mass is 474 g/mol. The Hall–Kier alpha value is -1.02. The first-order valence-corrected chi connectivity index (χ1v) is 9.20. The van der Waals surface area contributed by atoms with E-state index in [0.717, 1.165) is 31.3 Å². The fourth-order valence-corrected chi connectivity index (χ4v) is 3.78. The smallest absolute Gasteiger partial charge is 0.193 e. The van der Waals surface area contributed by atoms with Crippen molar-refractivity contribution in [1.82, 2.24) is 15.1 Å². The summed E-state index contributed by atoms with van der Waals surface area (Å²) in [5, 5.41) is 3.59. The maximum atomic E-state index is 5.27. The van der Waals surface area contributed by atoms with Crippen molar-refractivity contribution in [1.29, 1.82) is 0 Å². The predicted molar refractivity (Wildman–Crippen MR) is 121 cm³/mol. The Morgan fingerprint density at radius 1 is 1.23 bits per heavy atom. The van der Waals surface area contributed by atoms with Crippen LogP contribution in [0.3, 0.4) is 0 Å². The van der Waals surface area contributed by atoms with Gasteiger partial charge in [-0.15, -0.1) is 24.0 Å². The van der Waals surface area contributed by atoms with Crippen LogP contribution in [0.5, 0.6) is 5.75 Å². The summed E-state index contributed by atoms with van der Waals surface area (Å²) in [5.74, 6) is 3.34. The molecule has 1 heterocycles. The first-order chi connectivity index (χ1) is 11.9. The van der Waals surface area contributed by atoms with Gasteiger partial charge in [0.15, 0.2) is 5.96 Å². The van der Waals surface area contributed by atoms with Crippen molar-refractivity contribution < 1.29 is 4.74 Å². The Labute approximate surface area is 176 Å². The van der Waals surface area contributed by atoms with Crippen molar-refractivity contribution in [3.8, 4) is 5.75 Å². The van der Waals surface area contributed by atoms with Crippen LogP contribution in [0.15, 0.2) is 29.3 Å². The van der Waals surface area contributed by atoms with Crippen molar-refractivity contribution in [2.75, 3.05) is 47.9 Å². The molecule has 0 aliphatic carbocycles. The van der Waals surface area contributed by atoms with Gasteiger partial charge in [-0.3, -0.25) is 4.99 Å². The van der Waals surface area contributed by atoms with Crippen LogP contribution in [0.1, 0.15) is 31.9 Å². The van der Waals surface area contributed by atoms with Gasteiger partial charge in [-0.2, -0.15) is 0 Å². The number of aliphatic imine (C=N–C) groups is 1. The fourth-order valence-electron chi connectivity index (χ4n) is 3.78. The standard InChI is InChI=1S/C20H34N4O.HI/c1-15-11-16(2)14-24(13-15)20(21-3)22-12-19(23(4)5)17-7-9-18(25-6)10-8-17;/h7-10,15-16,19H,11-14H2,1-6H3,(H,21,22);1H. The molecule has 1 saturated heterocycles. The van der Waals surface area contributed by atoms with E-state index in [1.54, 1.807) is 7.11 Å². The molecule has 2 rings (SSSR count). The number of methoxy groups -OCH3 is 1. The Kier molecular flexibility index (Phi) is 9.71. The number of likely N-dealkylation sites (N-methyl/N-ethyl adjacent to an activating group) is 1. The topological polar surface area (TPSA) is 40.1 Å². The summed E-state index contributed by atoms with van der Waals surface area (Å²) in [5.41, 5.74) is 1.27. The maximum Gasteiger partial charge on any atom is 0.193 e. The Morgan fingerprint density at radius 2 is 1.81 bits per heavy atom. The van der Waals surface area contributed by atoms with Crippen LogP contribution < -0.4 is 10.1 Å². The molecule has 1 aromatic rings. The van der Waals surface area contributed by atoms with Crippen molar-refractivity contribution in [2.24, 2.45) is 16.8 Å². The van der Waals surface area contributed by atoms with E-state index in [9.17, 15) is 0 Å². The highest BCUT2D eigenvalue weighted by Gasteiger charge is 2.24. The fraction of sp³-hybridized carbons (Fsp3) is 0.650. The van der Waals surface area contributed by atoms with Gasteiger partial charge >= 0.3 is 0 Å². The van der Waals surface area contributed by atoms with E-state index < -0.39 is 0 Å². The minimum Gasteiger partial charge on any atom is -0.497 e. The third-order valence-electron chi connectivity index (χ3n) is 4.96. The number of nitrogens with one attached hydrogen (secondary N) is 1. The van der Waals surface area contributed by atoms with Gasteiger partial charge in [0.05, 0.1) is 13.2 Å². The van der Waals surface area contributed by atoms with Gasteiger partial charge in [0.25, 0.3) is 0 Å². The van der Waals surface area contributed by atoms with Gasteiger partial charge in [-0.05, 0) is 50.0 Å². The van der Waals surface area contributed by atoms with Gasteiger partial charge in [0.1, 0.15) is 5.75 Å². The third kappa shape index (κ3) is 6.30. The number of hydrogen-bond acceptors (Lipinski definition) is 3. The lowest BCUT2D eigenvalue weighted by Crippen LogP contribution is -2.49. The molecule has 1 N–H and O–H groups in total. The van der Waals surface area contributed by atoms with Crippen molar-refractivity contribution in [2.45, 2.75) is 26.3 Å².